The second-order valence-electron chi connectivity index (χ2n) is 6.69. The summed E-state index contributed by atoms with van der Waals surface area (Å²) in [6, 6.07) is 11.6. The molecule has 0 aliphatic heterocycles. The highest BCUT2D eigenvalue weighted by molar-refractivity contribution is 5.85. The van der Waals surface area contributed by atoms with Gasteiger partial charge in [-0.05, 0) is 47.6 Å². The van der Waals surface area contributed by atoms with E-state index in [2.05, 4.69) is 31.3 Å². The fraction of sp³-hybridized carbons (Fsp3) is 0.400. The van der Waals surface area contributed by atoms with Crippen molar-refractivity contribution in [3.05, 3.63) is 70.8 Å². The van der Waals surface area contributed by atoms with Gasteiger partial charge >= 0.3 is 0 Å². The predicted octanol–water partition coefficient (Wildman–Crippen LogP) is 4.30. The number of aliphatic hydroxyl groups is 1. The first kappa shape index (κ1) is 25.8. The molecule has 0 amide bonds. The third kappa shape index (κ3) is 8.54. The Hall–Kier alpha value is -1.24. The van der Waals surface area contributed by atoms with E-state index in [4.69, 9.17) is 5.73 Å². The Balaban J connectivity index is 0.00000338. The normalized spacial score (nSPS) is 12.9. The summed E-state index contributed by atoms with van der Waals surface area (Å²) in [5.41, 5.74) is 8.83. The molecule has 3 nitrogen and oxygen atoms in total. The standard InChI is InChI=1S/C20H26F2N2O.2ClH/c1-13(2)16-5-3-4-15(8-16)12-24-20(23)19(25)7-6-14-9-17(21)11-18(22)10-14;;/h3-5,8-11,13,19-20,24-25H,6-7,12,23H2,1-2H3;2*1H. The second kappa shape index (κ2) is 12.3. The minimum Gasteiger partial charge on any atom is -0.390 e. The molecule has 2 rings (SSSR count). The van der Waals surface area contributed by atoms with Gasteiger partial charge in [0.15, 0.2) is 0 Å². The quantitative estimate of drug-likeness (QED) is 0.557. The Kier molecular flexibility index (Phi) is 11.7. The van der Waals surface area contributed by atoms with Gasteiger partial charge in [-0.1, -0.05) is 38.1 Å². The van der Waals surface area contributed by atoms with E-state index in [0.29, 0.717) is 30.9 Å². The Labute approximate surface area is 172 Å². The number of rotatable bonds is 8. The lowest BCUT2D eigenvalue weighted by Gasteiger charge is -2.20. The number of aryl methyl sites for hydroxylation is 1. The first-order chi connectivity index (χ1) is 11.8. The van der Waals surface area contributed by atoms with E-state index in [9.17, 15) is 13.9 Å². The molecule has 2 aromatic rings. The van der Waals surface area contributed by atoms with Crippen molar-refractivity contribution in [2.24, 2.45) is 5.73 Å². The van der Waals surface area contributed by atoms with E-state index in [0.717, 1.165) is 11.6 Å². The zero-order valence-corrected chi connectivity index (χ0v) is 17.1. The molecule has 0 aliphatic rings. The van der Waals surface area contributed by atoms with Gasteiger partial charge in [0.2, 0.25) is 0 Å². The van der Waals surface area contributed by atoms with Crippen LogP contribution in [0.3, 0.4) is 0 Å². The molecule has 0 aromatic heterocycles. The molecule has 0 heterocycles. The van der Waals surface area contributed by atoms with Gasteiger partial charge in [-0.25, -0.2) is 8.78 Å². The van der Waals surface area contributed by atoms with E-state index in [1.165, 1.54) is 17.7 Å². The fourth-order valence-corrected chi connectivity index (χ4v) is 2.68. The average Bonchev–Trinajstić information content (AvgIpc) is 2.57. The lowest BCUT2D eigenvalue weighted by Crippen LogP contribution is -2.46. The fourth-order valence-electron chi connectivity index (χ4n) is 2.68. The summed E-state index contributed by atoms with van der Waals surface area (Å²) in [4.78, 5) is 0. The molecule has 0 spiro atoms. The number of nitrogens with two attached hydrogens (primary N) is 1. The Morgan fingerprint density at radius 1 is 1.00 bits per heavy atom. The highest BCUT2D eigenvalue weighted by Crippen LogP contribution is 2.16. The molecule has 0 saturated heterocycles. The van der Waals surface area contributed by atoms with Crippen LogP contribution in [0.5, 0.6) is 0 Å². The van der Waals surface area contributed by atoms with Crippen LogP contribution in [0.25, 0.3) is 0 Å². The molecule has 4 N–H and O–H groups in total. The zero-order valence-electron chi connectivity index (χ0n) is 15.5. The monoisotopic (exact) mass is 420 g/mol. The van der Waals surface area contributed by atoms with Gasteiger partial charge in [-0.2, -0.15) is 0 Å². The van der Waals surface area contributed by atoms with Crippen molar-refractivity contribution in [2.45, 2.75) is 51.4 Å². The van der Waals surface area contributed by atoms with Crippen molar-refractivity contribution in [1.29, 1.82) is 0 Å². The lowest BCUT2D eigenvalue weighted by molar-refractivity contribution is 0.120. The molecular weight excluding hydrogens is 393 g/mol. The van der Waals surface area contributed by atoms with Crippen LogP contribution in [0.1, 0.15) is 42.9 Å². The van der Waals surface area contributed by atoms with Crippen molar-refractivity contribution in [3.63, 3.8) is 0 Å². The minimum absolute atomic E-state index is 0. The smallest absolute Gasteiger partial charge is 0.126 e. The SMILES string of the molecule is CC(C)c1cccc(CNC(N)C(O)CCc2cc(F)cc(F)c2)c1.Cl.Cl. The number of aliphatic hydroxyl groups excluding tert-OH is 1. The van der Waals surface area contributed by atoms with Crippen molar-refractivity contribution in [3.8, 4) is 0 Å². The largest absolute Gasteiger partial charge is 0.390 e. The van der Waals surface area contributed by atoms with Crippen LogP contribution in [0.4, 0.5) is 8.78 Å². The average molecular weight is 421 g/mol. The van der Waals surface area contributed by atoms with Crippen LogP contribution in [0.2, 0.25) is 0 Å². The molecule has 152 valence electrons. The van der Waals surface area contributed by atoms with Crippen molar-refractivity contribution < 1.29 is 13.9 Å². The maximum absolute atomic E-state index is 13.2. The molecule has 0 aliphatic carbocycles. The molecular formula is C20H28Cl2F2N2O. The van der Waals surface area contributed by atoms with E-state index >= 15 is 0 Å². The number of hydrogen-bond acceptors (Lipinski definition) is 3. The zero-order chi connectivity index (χ0) is 18.4. The van der Waals surface area contributed by atoms with Gasteiger partial charge in [0.05, 0.1) is 12.3 Å². The van der Waals surface area contributed by atoms with Gasteiger partial charge in [0.1, 0.15) is 11.6 Å². The third-order valence-corrected chi connectivity index (χ3v) is 4.23. The lowest BCUT2D eigenvalue weighted by atomic mass is 10.0. The van der Waals surface area contributed by atoms with Gasteiger partial charge < -0.3 is 10.8 Å². The van der Waals surface area contributed by atoms with E-state index in [-0.39, 0.29) is 24.8 Å². The molecule has 0 bridgehead atoms. The third-order valence-electron chi connectivity index (χ3n) is 4.23. The van der Waals surface area contributed by atoms with Gasteiger partial charge in [-0.3, -0.25) is 5.32 Å². The summed E-state index contributed by atoms with van der Waals surface area (Å²) in [5, 5.41) is 13.3. The summed E-state index contributed by atoms with van der Waals surface area (Å²) in [6.45, 7) is 4.82. The Bertz CT molecular complexity index is 681. The number of hydrogen-bond donors (Lipinski definition) is 3. The molecule has 0 radical (unpaired) electrons. The molecule has 2 atom stereocenters. The van der Waals surface area contributed by atoms with Crippen LogP contribution in [0.15, 0.2) is 42.5 Å². The first-order valence-corrected chi connectivity index (χ1v) is 8.56. The summed E-state index contributed by atoms with van der Waals surface area (Å²) >= 11 is 0. The molecule has 2 aromatic carbocycles. The summed E-state index contributed by atoms with van der Waals surface area (Å²) in [5.74, 6) is -0.778. The van der Waals surface area contributed by atoms with Crippen LogP contribution in [0, 0.1) is 11.6 Å². The van der Waals surface area contributed by atoms with E-state index in [1.54, 1.807) is 0 Å². The number of halogens is 4. The topological polar surface area (TPSA) is 58.3 Å². The Morgan fingerprint density at radius 3 is 2.22 bits per heavy atom. The molecule has 0 fully saturated rings. The predicted molar refractivity (Wildman–Crippen MR) is 111 cm³/mol. The first-order valence-electron chi connectivity index (χ1n) is 8.56. The molecule has 0 saturated carbocycles. The van der Waals surface area contributed by atoms with E-state index in [1.807, 2.05) is 12.1 Å². The highest BCUT2D eigenvalue weighted by atomic mass is 35.5. The van der Waals surface area contributed by atoms with Crippen molar-refractivity contribution in [1.82, 2.24) is 5.32 Å². The van der Waals surface area contributed by atoms with Crippen molar-refractivity contribution in [2.75, 3.05) is 0 Å². The maximum atomic E-state index is 13.2. The minimum atomic E-state index is -0.806. The number of benzene rings is 2. The second-order valence-corrected chi connectivity index (χ2v) is 6.69. The molecule has 7 heteroatoms. The summed E-state index contributed by atoms with van der Waals surface area (Å²) in [7, 11) is 0. The van der Waals surface area contributed by atoms with Crippen LogP contribution in [-0.2, 0) is 13.0 Å². The van der Waals surface area contributed by atoms with Gasteiger partial charge in [0.25, 0.3) is 0 Å². The molecule has 2 unspecified atom stereocenters. The summed E-state index contributed by atoms with van der Waals surface area (Å²) in [6.07, 6.45) is -0.738. The maximum Gasteiger partial charge on any atom is 0.126 e. The Morgan fingerprint density at radius 2 is 1.63 bits per heavy atom. The van der Waals surface area contributed by atoms with Crippen LogP contribution < -0.4 is 11.1 Å². The van der Waals surface area contributed by atoms with Crippen LogP contribution in [-0.4, -0.2) is 17.4 Å². The van der Waals surface area contributed by atoms with E-state index < -0.39 is 23.9 Å². The number of nitrogens with one attached hydrogen (secondary N) is 1. The van der Waals surface area contributed by atoms with Gasteiger partial charge in [-0.15, -0.1) is 24.8 Å². The summed E-state index contributed by atoms with van der Waals surface area (Å²) < 4.78 is 26.3. The highest BCUT2D eigenvalue weighted by Gasteiger charge is 2.15. The van der Waals surface area contributed by atoms with Gasteiger partial charge in [0, 0.05) is 12.6 Å². The van der Waals surface area contributed by atoms with Crippen LogP contribution >= 0.6 is 24.8 Å². The van der Waals surface area contributed by atoms with Crippen molar-refractivity contribution >= 4 is 24.8 Å². The molecule has 27 heavy (non-hydrogen) atoms.